The smallest absolute Gasteiger partial charge is 0.309 e. The molecule has 3 fully saturated rings. The summed E-state index contributed by atoms with van der Waals surface area (Å²) in [6.07, 6.45) is -2.30. The second-order valence-corrected chi connectivity index (χ2v) is 24.5. The number of aliphatic hydroxyl groups is 5. The Balaban J connectivity index is 1.24. The van der Waals surface area contributed by atoms with Crippen LogP contribution in [-0.2, 0) is 39.6 Å². The molecule has 20 nitrogen and oxygen atoms in total. The van der Waals surface area contributed by atoms with Gasteiger partial charge >= 0.3 is 5.97 Å². The molecule has 3 saturated heterocycles. The first-order chi connectivity index (χ1) is 37.2. The van der Waals surface area contributed by atoms with Crippen molar-refractivity contribution in [1.29, 1.82) is 0 Å². The molecule has 3 aromatic rings. The highest BCUT2D eigenvalue weighted by Crippen LogP contribution is 2.45. The molecule has 5 heterocycles. The van der Waals surface area contributed by atoms with Gasteiger partial charge in [0.05, 0.1) is 64.8 Å². The molecular formula is C58H97FN8O12. The summed E-state index contributed by atoms with van der Waals surface area (Å²) in [7, 11) is 6.81. The van der Waals surface area contributed by atoms with E-state index in [1.165, 1.54) is 18.7 Å². The number of carbonyl (C=O) groups excluding carboxylic acids is 1. The molecule has 2 unspecified atom stereocenters. The fourth-order valence-electron chi connectivity index (χ4n) is 13.1. The number of hydrogen-bond donors (Lipinski definition) is 5. The average molecular weight is 1120 g/mol. The molecule has 6 rings (SSSR count). The Morgan fingerprint density at radius 3 is 2.24 bits per heavy atom. The largest absolute Gasteiger partial charge is 0.459 e. The zero-order valence-corrected chi connectivity index (χ0v) is 50.0. The van der Waals surface area contributed by atoms with Gasteiger partial charge in [0.25, 0.3) is 0 Å². The first kappa shape index (κ1) is 64.6. The van der Waals surface area contributed by atoms with Crippen molar-refractivity contribution in [3.63, 3.8) is 0 Å². The molecule has 21 heteroatoms. The Labute approximate surface area is 468 Å². The molecule has 0 saturated carbocycles. The van der Waals surface area contributed by atoms with Gasteiger partial charge in [0.1, 0.15) is 48.8 Å². The molecular weight excluding hydrogens is 1020 g/mol. The number of halogens is 1. The highest BCUT2D eigenvalue weighted by Gasteiger charge is 2.55. The maximum Gasteiger partial charge on any atom is 0.309 e. The van der Waals surface area contributed by atoms with Gasteiger partial charge in [-0.25, -0.2) is 13.8 Å². The summed E-state index contributed by atoms with van der Waals surface area (Å²) >= 11 is 0. The van der Waals surface area contributed by atoms with Crippen LogP contribution in [-0.4, -0.2) is 203 Å². The SMILES string of the molecule is CCCC(C)c1cn(-c2ccc([C@@H](OC)[C@@H](CF)n3cc(CCN(C)[C@H]4C[C@@H](C)O[C@@H](O[C@@H]5[C@@H](C)[C@H](C6C[C@@](C)(OC)[C@@H](O)[C@H](C)O6)[C@@H](C)C(=O)O[C@H](CC)[C@@](C)(O)[C@H](O)[C@@H](C)N(C)C[C@H](C)C[C@@]5(C)O)[C@@H]4O)nn3)cc2)nn1. The average Bonchev–Trinajstić information content (AvgIpc) is 4.16. The van der Waals surface area contributed by atoms with Crippen LogP contribution in [0.5, 0.6) is 0 Å². The van der Waals surface area contributed by atoms with Crippen LogP contribution in [0.3, 0.4) is 0 Å². The molecule has 0 aliphatic carbocycles. The predicted octanol–water partition coefficient (Wildman–Crippen LogP) is 5.76. The van der Waals surface area contributed by atoms with E-state index in [1.807, 2.05) is 75.1 Å². The van der Waals surface area contributed by atoms with Crippen LogP contribution in [0.25, 0.3) is 5.69 Å². The van der Waals surface area contributed by atoms with Gasteiger partial charge in [-0.05, 0) is 111 Å². The molecule has 79 heavy (non-hydrogen) atoms. The van der Waals surface area contributed by atoms with Crippen molar-refractivity contribution in [2.24, 2.45) is 23.7 Å². The van der Waals surface area contributed by atoms with Crippen LogP contribution in [0.15, 0.2) is 36.7 Å². The van der Waals surface area contributed by atoms with Gasteiger partial charge in [0.15, 0.2) is 6.29 Å². The standard InChI is InChI=1S/C58H97FN8O12/c1-17-19-34(4)43-32-66(63-61-43)42-22-20-40(21-23-42)50(74-15)45(29-59)67-31-41(60-62-67)24-25-64(13)44-26-35(5)76-55(49(44)68)79-53-36(6)48(46-28-57(11,75-16)52(70)39(9)77-46)37(7)54(71)78-47(18-2)58(12,73)51(69)38(8)65(14)30-33(3)27-56(53,10)72/h20-23,31-39,44-53,55,68-70,72-73H,17-19,24-30H2,1-16H3/t33-,34?,35-,36+,37-,38-,39+,44+,45-,46?,47-,48+,49-,50-,51-,52+,53-,55+,56-,57-,58-/m1/s1. The number of carbonyl (C=O) groups is 1. The van der Waals surface area contributed by atoms with Crippen molar-refractivity contribution in [3.8, 4) is 5.69 Å². The Morgan fingerprint density at radius 1 is 0.937 bits per heavy atom. The second kappa shape index (κ2) is 27.2. The third kappa shape index (κ3) is 14.6. The summed E-state index contributed by atoms with van der Waals surface area (Å²) in [6, 6.07) is 5.73. The summed E-state index contributed by atoms with van der Waals surface area (Å²) < 4.78 is 56.5. The zero-order valence-electron chi connectivity index (χ0n) is 50.0. The highest BCUT2D eigenvalue weighted by molar-refractivity contribution is 5.73. The van der Waals surface area contributed by atoms with Gasteiger partial charge in [0, 0.05) is 70.3 Å². The Morgan fingerprint density at radius 2 is 1.62 bits per heavy atom. The van der Waals surface area contributed by atoms with E-state index >= 15 is 4.39 Å². The molecule has 0 radical (unpaired) electrons. The van der Waals surface area contributed by atoms with Crippen molar-refractivity contribution in [2.45, 2.75) is 230 Å². The lowest BCUT2D eigenvalue weighted by Gasteiger charge is -2.51. The van der Waals surface area contributed by atoms with Crippen LogP contribution in [0.4, 0.5) is 4.39 Å². The Bertz CT molecular complexity index is 2360. The van der Waals surface area contributed by atoms with Gasteiger partial charge in [0.2, 0.25) is 0 Å². The number of alkyl halides is 1. The van der Waals surface area contributed by atoms with Crippen LogP contribution in [0, 0.1) is 23.7 Å². The first-order valence-corrected chi connectivity index (χ1v) is 28.8. The fraction of sp³-hybridized carbons (Fsp3) is 0.810. The predicted molar refractivity (Wildman–Crippen MR) is 295 cm³/mol. The summed E-state index contributed by atoms with van der Waals surface area (Å²) in [4.78, 5) is 18.6. The van der Waals surface area contributed by atoms with Gasteiger partial charge < -0.3 is 63.8 Å². The summed E-state index contributed by atoms with van der Waals surface area (Å²) in [5, 5.41) is 77.9. The molecule has 3 aliphatic rings. The molecule has 448 valence electrons. The first-order valence-electron chi connectivity index (χ1n) is 28.8. The van der Waals surface area contributed by atoms with E-state index in [-0.39, 0.29) is 25.2 Å². The van der Waals surface area contributed by atoms with Gasteiger partial charge in [-0.2, -0.15) is 0 Å². The molecule has 3 aliphatic heterocycles. The molecule has 0 bridgehead atoms. The number of nitrogens with zero attached hydrogens (tertiary/aromatic N) is 8. The third-order valence-electron chi connectivity index (χ3n) is 18.1. The number of aliphatic hydroxyl groups excluding tert-OH is 3. The maximum absolute atomic E-state index is 15.1. The van der Waals surface area contributed by atoms with Crippen molar-refractivity contribution >= 4 is 5.97 Å². The number of hydrogen-bond acceptors (Lipinski definition) is 18. The van der Waals surface area contributed by atoms with Crippen LogP contribution < -0.4 is 0 Å². The number of likely N-dealkylation sites (N-methyl/N-ethyl adjacent to an activating group) is 2. The lowest BCUT2D eigenvalue weighted by Crippen LogP contribution is -2.62. The van der Waals surface area contributed by atoms with Gasteiger partial charge in [-0.15, -0.1) is 10.2 Å². The molecule has 0 amide bonds. The number of cyclic esters (lactones) is 1. The number of aromatic nitrogens is 6. The lowest BCUT2D eigenvalue weighted by molar-refractivity contribution is -0.302. The molecule has 5 N–H and O–H groups in total. The number of rotatable bonds is 18. The van der Waals surface area contributed by atoms with Crippen LogP contribution in [0.2, 0.25) is 0 Å². The molecule has 21 atom stereocenters. The van der Waals surface area contributed by atoms with Crippen molar-refractivity contribution in [3.05, 3.63) is 53.6 Å². The summed E-state index contributed by atoms with van der Waals surface area (Å²) in [5.74, 6) is -2.98. The van der Waals surface area contributed by atoms with E-state index in [0.29, 0.717) is 37.5 Å². The number of methoxy groups -OCH3 is 2. The Kier molecular flexibility index (Phi) is 22.2. The number of esters is 1. The number of benzene rings is 1. The molecule has 2 aromatic heterocycles. The van der Waals surface area contributed by atoms with Crippen molar-refractivity contribution < 1.29 is 63.1 Å². The zero-order chi connectivity index (χ0) is 58.5. The second-order valence-electron chi connectivity index (χ2n) is 24.5. The van der Waals surface area contributed by atoms with Gasteiger partial charge in [-0.1, -0.05) is 70.5 Å². The van der Waals surface area contributed by atoms with E-state index in [2.05, 4.69) is 34.5 Å². The van der Waals surface area contributed by atoms with Crippen molar-refractivity contribution in [2.75, 3.05) is 48.1 Å². The topological polar surface area (TPSA) is 241 Å². The normalized spacial score (nSPS) is 38.0. The van der Waals surface area contributed by atoms with E-state index in [1.54, 1.807) is 59.5 Å². The maximum atomic E-state index is 15.1. The minimum absolute atomic E-state index is 0.170. The fourth-order valence-corrected chi connectivity index (χ4v) is 13.1. The van der Waals surface area contributed by atoms with Crippen molar-refractivity contribution in [1.82, 2.24) is 39.8 Å². The highest BCUT2D eigenvalue weighted by atomic mass is 19.1. The minimum atomic E-state index is -1.83. The summed E-state index contributed by atoms with van der Waals surface area (Å²) in [5.41, 5.74) is -1.41. The third-order valence-corrected chi connectivity index (χ3v) is 18.1. The van der Waals surface area contributed by atoms with E-state index in [4.69, 9.17) is 28.4 Å². The minimum Gasteiger partial charge on any atom is -0.459 e. The quantitative estimate of drug-likeness (QED) is 0.0951. The molecule has 0 spiro atoms. The molecule has 1 aromatic carbocycles. The van der Waals surface area contributed by atoms with Gasteiger partial charge in [-0.3, -0.25) is 4.79 Å². The number of ether oxygens (including phenoxy) is 6. The van der Waals surface area contributed by atoms with E-state index in [9.17, 15) is 30.3 Å². The monoisotopic (exact) mass is 1120 g/mol. The van der Waals surface area contributed by atoms with E-state index < -0.39 is 127 Å². The lowest BCUT2D eigenvalue weighted by atomic mass is 9.68. The summed E-state index contributed by atoms with van der Waals surface area (Å²) in [6.45, 7) is 22.2. The van der Waals surface area contributed by atoms with Crippen LogP contribution >= 0.6 is 0 Å². The Hall–Kier alpha value is -3.58. The van der Waals surface area contributed by atoms with E-state index in [0.717, 1.165) is 29.8 Å². The van der Waals surface area contributed by atoms with Crippen LogP contribution in [0.1, 0.15) is 157 Å².